The maximum Gasteiger partial charge on any atom is 0.357 e. The van der Waals surface area contributed by atoms with Crippen LogP contribution in [0.5, 0.6) is 0 Å². The SMILES string of the molecule is CCOC(=O)c1csc(NCC2(C)CCC2)n1. The van der Waals surface area contributed by atoms with Gasteiger partial charge in [0.25, 0.3) is 0 Å². The van der Waals surface area contributed by atoms with Gasteiger partial charge in [0.05, 0.1) is 6.61 Å². The minimum absolute atomic E-state index is 0.341. The Morgan fingerprint density at radius 3 is 3.00 bits per heavy atom. The number of carbonyl (C=O) groups is 1. The molecule has 17 heavy (non-hydrogen) atoms. The maximum absolute atomic E-state index is 11.4. The summed E-state index contributed by atoms with van der Waals surface area (Å²) in [5.41, 5.74) is 0.813. The highest BCUT2D eigenvalue weighted by atomic mass is 32.1. The third kappa shape index (κ3) is 2.97. The molecule has 1 saturated carbocycles. The van der Waals surface area contributed by atoms with E-state index >= 15 is 0 Å². The standard InChI is InChI=1S/C12H18N2O2S/c1-3-16-10(15)9-7-17-11(14-9)13-8-12(2)5-4-6-12/h7H,3-6,8H2,1-2H3,(H,13,14). The minimum Gasteiger partial charge on any atom is -0.461 e. The van der Waals surface area contributed by atoms with Gasteiger partial charge >= 0.3 is 5.97 Å². The van der Waals surface area contributed by atoms with Gasteiger partial charge in [-0.1, -0.05) is 13.3 Å². The third-order valence-corrected chi connectivity index (χ3v) is 4.02. The third-order valence-electron chi connectivity index (χ3n) is 3.22. The molecular weight excluding hydrogens is 236 g/mol. The summed E-state index contributed by atoms with van der Waals surface area (Å²) in [5, 5.41) is 5.85. The van der Waals surface area contributed by atoms with Gasteiger partial charge in [0.15, 0.2) is 10.8 Å². The summed E-state index contributed by atoms with van der Waals surface area (Å²) < 4.78 is 4.90. The lowest BCUT2D eigenvalue weighted by Crippen LogP contribution is -2.33. The summed E-state index contributed by atoms with van der Waals surface area (Å²) in [6, 6.07) is 0. The van der Waals surface area contributed by atoms with Gasteiger partial charge in [-0.25, -0.2) is 9.78 Å². The quantitative estimate of drug-likeness (QED) is 0.821. The second-order valence-corrected chi connectivity index (χ2v) is 5.63. The first-order chi connectivity index (χ1) is 8.13. The van der Waals surface area contributed by atoms with Crippen LogP contribution in [-0.4, -0.2) is 24.1 Å². The summed E-state index contributed by atoms with van der Waals surface area (Å²) in [5.74, 6) is -0.341. The van der Waals surface area contributed by atoms with E-state index in [2.05, 4.69) is 17.2 Å². The average molecular weight is 254 g/mol. The number of esters is 1. The first-order valence-corrected chi connectivity index (χ1v) is 6.87. The molecule has 1 aromatic rings. The van der Waals surface area contributed by atoms with Crippen LogP contribution in [0.25, 0.3) is 0 Å². The molecule has 1 aromatic heterocycles. The largest absolute Gasteiger partial charge is 0.461 e. The second-order valence-electron chi connectivity index (χ2n) is 4.78. The van der Waals surface area contributed by atoms with Crippen molar-refractivity contribution in [1.29, 1.82) is 0 Å². The van der Waals surface area contributed by atoms with Crippen LogP contribution in [-0.2, 0) is 4.74 Å². The molecule has 0 saturated heterocycles. The van der Waals surface area contributed by atoms with Crippen LogP contribution in [0.15, 0.2) is 5.38 Å². The van der Waals surface area contributed by atoms with Crippen molar-refractivity contribution in [1.82, 2.24) is 4.98 Å². The Hall–Kier alpha value is -1.10. The van der Waals surface area contributed by atoms with Crippen LogP contribution >= 0.6 is 11.3 Å². The molecule has 94 valence electrons. The lowest BCUT2D eigenvalue weighted by molar-refractivity contribution is 0.0520. The number of anilines is 1. The minimum atomic E-state index is -0.341. The first kappa shape index (κ1) is 12.4. The van der Waals surface area contributed by atoms with Crippen LogP contribution < -0.4 is 5.32 Å². The maximum atomic E-state index is 11.4. The normalized spacial score (nSPS) is 17.3. The molecule has 1 heterocycles. The van der Waals surface area contributed by atoms with Gasteiger partial charge in [-0.2, -0.15) is 0 Å². The molecule has 0 atom stereocenters. The van der Waals surface area contributed by atoms with Crippen molar-refractivity contribution in [3.8, 4) is 0 Å². The van der Waals surface area contributed by atoms with Crippen molar-refractivity contribution in [3.63, 3.8) is 0 Å². The van der Waals surface area contributed by atoms with Crippen LogP contribution in [0, 0.1) is 5.41 Å². The number of hydrogen-bond acceptors (Lipinski definition) is 5. The van der Waals surface area contributed by atoms with E-state index in [1.807, 2.05) is 0 Å². The fraction of sp³-hybridized carbons (Fsp3) is 0.667. The number of thiazole rings is 1. The van der Waals surface area contributed by atoms with Crippen molar-refractivity contribution in [2.75, 3.05) is 18.5 Å². The molecule has 0 radical (unpaired) electrons. The molecule has 5 heteroatoms. The van der Waals surface area contributed by atoms with Gasteiger partial charge in [-0.15, -0.1) is 11.3 Å². The zero-order chi connectivity index (χ0) is 12.3. The average Bonchev–Trinajstić information content (AvgIpc) is 2.73. The van der Waals surface area contributed by atoms with E-state index in [0.29, 0.717) is 17.7 Å². The number of nitrogens with zero attached hydrogens (tertiary/aromatic N) is 1. The number of ether oxygens (including phenoxy) is 1. The number of nitrogens with one attached hydrogen (secondary N) is 1. The van der Waals surface area contributed by atoms with E-state index in [1.54, 1.807) is 12.3 Å². The smallest absolute Gasteiger partial charge is 0.357 e. The molecular formula is C12H18N2O2S. The molecule has 0 bridgehead atoms. The number of carbonyl (C=O) groups excluding carboxylic acids is 1. The molecule has 0 aromatic carbocycles. The zero-order valence-electron chi connectivity index (χ0n) is 10.3. The summed E-state index contributed by atoms with van der Waals surface area (Å²) >= 11 is 1.46. The zero-order valence-corrected chi connectivity index (χ0v) is 11.1. The number of aromatic nitrogens is 1. The monoisotopic (exact) mass is 254 g/mol. The molecule has 1 N–H and O–H groups in total. The van der Waals surface area contributed by atoms with Gasteiger partial charge < -0.3 is 10.1 Å². The van der Waals surface area contributed by atoms with Crippen LogP contribution in [0.4, 0.5) is 5.13 Å². The molecule has 0 aliphatic heterocycles. The predicted molar refractivity (Wildman–Crippen MR) is 68.5 cm³/mol. The van der Waals surface area contributed by atoms with E-state index in [4.69, 9.17) is 4.74 Å². The van der Waals surface area contributed by atoms with Crippen LogP contribution in [0.1, 0.15) is 43.6 Å². The molecule has 2 rings (SSSR count). The topological polar surface area (TPSA) is 51.2 Å². The van der Waals surface area contributed by atoms with Gasteiger partial charge in [0, 0.05) is 11.9 Å². The molecule has 0 amide bonds. The highest BCUT2D eigenvalue weighted by molar-refractivity contribution is 7.13. The fourth-order valence-corrected chi connectivity index (χ4v) is 2.58. The van der Waals surface area contributed by atoms with E-state index in [9.17, 15) is 4.79 Å². The Balaban J connectivity index is 1.87. The first-order valence-electron chi connectivity index (χ1n) is 5.99. The predicted octanol–water partition coefficient (Wildman–Crippen LogP) is 2.92. The van der Waals surface area contributed by atoms with E-state index in [1.165, 1.54) is 30.6 Å². The van der Waals surface area contributed by atoms with Crippen LogP contribution in [0.3, 0.4) is 0 Å². The highest BCUT2D eigenvalue weighted by Crippen LogP contribution is 2.40. The molecule has 1 fully saturated rings. The Kier molecular flexibility index (Phi) is 3.66. The number of rotatable bonds is 5. The summed E-state index contributed by atoms with van der Waals surface area (Å²) in [6.45, 7) is 5.39. The highest BCUT2D eigenvalue weighted by Gasteiger charge is 2.31. The Bertz CT molecular complexity index is 399. The lowest BCUT2D eigenvalue weighted by Gasteiger charge is -2.38. The van der Waals surface area contributed by atoms with E-state index in [-0.39, 0.29) is 5.97 Å². The van der Waals surface area contributed by atoms with Gasteiger partial charge in [-0.3, -0.25) is 0 Å². The molecule has 0 unspecified atom stereocenters. The van der Waals surface area contributed by atoms with E-state index in [0.717, 1.165) is 11.7 Å². The summed E-state index contributed by atoms with van der Waals surface area (Å²) in [6.07, 6.45) is 3.87. The summed E-state index contributed by atoms with van der Waals surface area (Å²) in [7, 11) is 0. The van der Waals surface area contributed by atoms with Crippen molar-refractivity contribution in [3.05, 3.63) is 11.1 Å². The Labute approximate surface area is 105 Å². The van der Waals surface area contributed by atoms with Crippen molar-refractivity contribution < 1.29 is 9.53 Å². The van der Waals surface area contributed by atoms with Crippen molar-refractivity contribution in [2.24, 2.45) is 5.41 Å². The van der Waals surface area contributed by atoms with Crippen LogP contribution in [0.2, 0.25) is 0 Å². The molecule has 0 spiro atoms. The Morgan fingerprint density at radius 1 is 1.65 bits per heavy atom. The molecule has 1 aliphatic carbocycles. The second kappa shape index (κ2) is 5.04. The van der Waals surface area contributed by atoms with Crippen molar-refractivity contribution >= 4 is 22.4 Å². The molecule has 4 nitrogen and oxygen atoms in total. The van der Waals surface area contributed by atoms with Gasteiger partial charge in [-0.05, 0) is 25.2 Å². The lowest BCUT2D eigenvalue weighted by atomic mass is 9.70. The van der Waals surface area contributed by atoms with Crippen molar-refractivity contribution in [2.45, 2.75) is 33.1 Å². The van der Waals surface area contributed by atoms with E-state index < -0.39 is 0 Å². The fourth-order valence-electron chi connectivity index (χ4n) is 1.90. The Morgan fingerprint density at radius 2 is 2.41 bits per heavy atom. The number of hydrogen-bond donors (Lipinski definition) is 1. The van der Waals surface area contributed by atoms with Gasteiger partial charge in [0.1, 0.15) is 0 Å². The van der Waals surface area contributed by atoms with Gasteiger partial charge in [0.2, 0.25) is 0 Å². The summed E-state index contributed by atoms with van der Waals surface area (Å²) in [4.78, 5) is 15.6. The molecule has 1 aliphatic rings.